The van der Waals surface area contributed by atoms with E-state index < -0.39 is 0 Å². The number of rotatable bonds is 5. The lowest BCUT2D eigenvalue weighted by Crippen LogP contribution is -2.36. The first-order chi connectivity index (χ1) is 7.81. The first-order valence-corrected chi connectivity index (χ1v) is 6.88. The third-order valence-corrected chi connectivity index (χ3v) is 4.10. The van der Waals surface area contributed by atoms with Crippen LogP contribution in [-0.2, 0) is 0 Å². The van der Waals surface area contributed by atoms with Crippen LogP contribution in [0.2, 0.25) is 0 Å². The number of hydrogen-bond acceptors (Lipinski definition) is 1. The van der Waals surface area contributed by atoms with Crippen LogP contribution in [0.15, 0.2) is 0 Å². The van der Waals surface area contributed by atoms with Crippen LogP contribution >= 0.6 is 0 Å². The molecule has 0 aromatic rings. The van der Waals surface area contributed by atoms with E-state index in [9.17, 15) is 0 Å². The van der Waals surface area contributed by atoms with Gasteiger partial charge in [0.25, 0.3) is 0 Å². The van der Waals surface area contributed by atoms with Crippen LogP contribution in [0.5, 0.6) is 0 Å². The van der Waals surface area contributed by atoms with E-state index in [1.165, 1.54) is 38.5 Å². The maximum Gasteiger partial charge on any atom is 0.0103 e. The van der Waals surface area contributed by atoms with Crippen molar-refractivity contribution in [1.29, 1.82) is 0 Å². The molecule has 3 unspecified atom stereocenters. The minimum atomic E-state index is 0.690. The Bertz CT molecular complexity index is 236. The standard InChI is InChI=1S/C15H27N/c1-4-6-7-11-15(16-3)14-10-8-9-13(5-2)12-14/h13-16H,5,7-12H2,1-3H3. The van der Waals surface area contributed by atoms with Gasteiger partial charge >= 0.3 is 0 Å². The number of nitrogens with one attached hydrogen (secondary N) is 1. The molecule has 0 spiro atoms. The summed E-state index contributed by atoms with van der Waals surface area (Å²) in [7, 11) is 2.11. The Morgan fingerprint density at radius 1 is 1.38 bits per heavy atom. The minimum Gasteiger partial charge on any atom is -0.317 e. The van der Waals surface area contributed by atoms with Crippen LogP contribution in [0.3, 0.4) is 0 Å². The summed E-state index contributed by atoms with van der Waals surface area (Å²) in [4.78, 5) is 0. The number of hydrogen-bond donors (Lipinski definition) is 1. The average Bonchev–Trinajstić information content (AvgIpc) is 2.35. The van der Waals surface area contributed by atoms with Gasteiger partial charge in [-0.3, -0.25) is 0 Å². The highest BCUT2D eigenvalue weighted by atomic mass is 14.9. The fraction of sp³-hybridized carbons (Fsp3) is 0.867. The molecule has 1 fully saturated rings. The third kappa shape index (κ3) is 4.18. The van der Waals surface area contributed by atoms with Crippen molar-refractivity contribution in [3.8, 4) is 11.8 Å². The Morgan fingerprint density at radius 3 is 2.81 bits per heavy atom. The molecule has 0 aromatic heterocycles. The second-order valence-electron chi connectivity index (χ2n) is 5.06. The van der Waals surface area contributed by atoms with Gasteiger partial charge in [-0.15, -0.1) is 11.8 Å². The van der Waals surface area contributed by atoms with Crippen LogP contribution < -0.4 is 5.32 Å². The van der Waals surface area contributed by atoms with Crippen molar-refractivity contribution in [3.63, 3.8) is 0 Å². The van der Waals surface area contributed by atoms with Crippen LogP contribution in [-0.4, -0.2) is 13.1 Å². The molecule has 1 saturated carbocycles. The van der Waals surface area contributed by atoms with Crippen molar-refractivity contribution >= 4 is 0 Å². The Hall–Kier alpha value is -0.480. The minimum absolute atomic E-state index is 0.690. The lowest BCUT2D eigenvalue weighted by molar-refractivity contribution is 0.208. The van der Waals surface area contributed by atoms with E-state index in [-0.39, 0.29) is 0 Å². The van der Waals surface area contributed by atoms with Crippen LogP contribution in [0.1, 0.15) is 58.8 Å². The highest BCUT2D eigenvalue weighted by molar-refractivity contribution is 4.96. The molecule has 0 aromatic carbocycles. The van der Waals surface area contributed by atoms with Crippen molar-refractivity contribution in [2.45, 2.75) is 64.8 Å². The summed E-state index contributed by atoms with van der Waals surface area (Å²) < 4.78 is 0. The Morgan fingerprint density at radius 2 is 2.19 bits per heavy atom. The van der Waals surface area contributed by atoms with Crippen molar-refractivity contribution < 1.29 is 0 Å². The summed E-state index contributed by atoms with van der Waals surface area (Å²) in [6.45, 7) is 4.27. The van der Waals surface area contributed by atoms with Gasteiger partial charge in [0, 0.05) is 12.5 Å². The summed E-state index contributed by atoms with van der Waals surface area (Å²) >= 11 is 0. The van der Waals surface area contributed by atoms with Crippen LogP contribution in [0.25, 0.3) is 0 Å². The summed E-state index contributed by atoms with van der Waals surface area (Å²) in [5, 5.41) is 3.51. The van der Waals surface area contributed by atoms with Gasteiger partial charge in [0.2, 0.25) is 0 Å². The largest absolute Gasteiger partial charge is 0.317 e. The second-order valence-corrected chi connectivity index (χ2v) is 5.06. The van der Waals surface area contributed by atoms with Crippen molar-refractivity contribution in [2.75, 3.05) is 7.05 Å². The molecule has 0 saturated heterocycles. The van der Waals surface area contributed by atoms with Crippen LogP contribution in [0, 0.1) is 23.7 Å². The van der Waals surface area contributed by atoms with Gasteiger partial charge in [0.15, 0.2) is 0 Å². The third-order valence-electron chi connectivity index (χ3n) is 4.10. The van der Waals surface area contributed by atoms with Gasteiger partial charge in [-0.2, -0.15) is 0 Å². The summed E-state index contributed by atoms with van der Waals surface area (Å²) in [6, 6.07) is 0.690. The molecule has 1 heteroatoms. The lowest BCUT2D eigenvalue weighted by Gasteiger charge is -2.34. The quantitative estimate of drug-likeness (QED) is 0.700. The zero-order valence-electron chi connectivity index (χ0n) is 11.2. The molecule has 3 atom stereocenters. The van der Waals surface area contributed by atoms with E-state index >= 15 is 0 Å². The molecule has 0 bridgehead atoms. The molecule has 0 heterocycles. The van der Waals surface area contributed by atoms with Gasteiger partial charge in [-0.25, -0.2) is 0 Å². The topological polar surface area (TPSA) is 12.0 Å². The molecule has 1 aliphatic rings. The van der Waals surface area contributed by atoms with Gasteiger partial charge in [-0.05, 0) is 45.1 Å². The Kier molecular flexibility index (Phi) is 6.57. The Balaban J connectivity index is 2.40. The van der Waals surface area contributed by atoms with Gasteiger partial charge in [-0.1, -0.05) is 26.2 Å². The maximum atomic E-state index is 3.51. The summed E-state index contributed by atoms with van der Waals surface area (Å²) in [5.41, 5.74) is 0. The molecule has 0 radical (unpaired) electrons. The van der Waals surface area contributed by atoms with E-state index in [0.29, 0.717) is 6.04 Å². The SMILES string of the molecule is CC#CCCC(NC)C1CCCC(CC)C1. The second kappa shape index (κ2) is 7.74. The molecule has 1 aliphatic carbocycles. The molecule has 92 valence electrons. The first-order valence-electron chi connectivity index (χ1n) is 6.88. The van der Waals surface area contributed by atoms with E-state index in [1.807, 2.05) is 6.92 Å². The normalized spacial score (nSPS) is 26.9. The monoisotopic (exact) mass is 221 g/mol. The maximum absolute atomic E-state index is 3.51. The van der Waals surface area contributed by atoms with E-state index in [1.54, 1.807) is 0 Å². The molecule has 1 rings (SSSR count). The van der Waals surface area contributed by atoms with Gasteiger partial charge < -0.3 is 5.32 Å². The predicted molar refractivity (Wildman–Crippen MR) is 71.3 cm³/mol. The lowest BCUT2D eigenvalue weighted by atomic mass is 9.76. The average molecular weight is 221 g/mol. The van der Waals surface area contributed by atoms with E-state index in [2.05, 4.69) is 31.1 Å². The fourth-order valence-corrected chi connectivity index (χ4v) is 3.04. The smallest absolute Gasteiger partial charge is 0.0103 e. The zero-order chi connectivity index (χ0) is 11.8. The highest BCUT2D eigenvalue weighted by Crippen LogP contribution is 2.33. The first kappa shape index (κ1) is 13.6. The molecule has 0 amide bonds. The molecule has 0 aliphatic heterocycles. The van der Waals surface area contributed by atoms with Gasteiger partial charge in [0.1, 0.15) is 0 Å². The van der Waals surface area contributed by atoms with Crippen molar-refractivity contribution in [2.24, 2.45) is 11.8 Å². The molecule has 1 nitrogen and oxygen atoms in total. The summed E-state index contributed by atoms with van der Waals surface area (Å²) in [6.07, 6.45) is 9.37. The van der Waals surface area contributed by atoms with Gasteiger partial charge in [0.05, 0.1) is 0 Å². The van der Waals surface area contributed by atoms with Crippen LogP contribution in [0.4, 0.5) is 0 Å². The molecular formula is C15H27N. The molecular weight excluding hydrogens is 194 g/mol. The zero-order valence-corrected chi connectivity index (χ0v) is 11.2. The fourth-order valence-electron chi connectivity index (χ4n) is 3.04. The summed E-state index contributed by atoms with van der Waals surface area (Å²) in [5.74, 6) is 8.05. The predicted octanol–water partition coefficient (Wildman–Crippen LogP) is 3.59. The molecule has 16 heavy (non-hydrogen) atoms. The Labute approximate surface area is 101 Å². The van der Waals surface area contributed by atoms with E-state index in [4.69, 9.17) is 0 Å². The van der Waals surface area contributed by atoms with Crippen molar-refractivity contribution in [3.05, 3.63) is 0 Å². The van der Waals surface area contributed by atoms with Crippen molar-refractivity contribution in [1.82, 2.24) is 5.32 Å². The molecule has 1 N–H and O–H groups in total. The highest BCUT2D eigenvalue weighted by Gasteiger charge is 2.26. The van der Waals surface area contributed by atoms with E-state index in [0.717, 1.165) is 18.3 Å².